The highest BCUT2D eigenvalue weighted by atomic mass is 16.2. The second kappa shape index (κ2) is 8.48. The lowest BCUT2D eigenvalue weighted by Gasteiger charge is -2.28. The van der Waals surface area contributed by atoms with E-state index in [4.69, 9.17) is 0 Å². The van der Waals surface area contributed by atoms with E-state index in [1.54, 1.807) is 0 Å². The predicted octanol–water partition coefficient (Wildman–Crippen LogP) is 3.43. The molecule has 0 unspecified atom stereocenters. The van der Waals surface area contributed by atoms with Crippen LogP contribution < -0.4 is 10.6 Å². The summed E-state index contributed by atoms with van der Waals surface area (Å²) in [5.74, 6) is 0.711. The van der Waals surface area contributed by atoms with Gasteiger partial charge in [0, 0.05) is 19.1 Å². The lowest BCUT2D eigenvalue weighted by atomic mass is 9.91. The van der Waals surface area contributed by atoms with Crippen molar-refractivity contribution in [2.24, 2.45) is 5.92 Å². The number of nitrogens with one attached hydrogen (secondary N) is 2. The number of nitrogens with zero attached hydrogens (tertiary/aromatic N) is 1. The fourth-order valence-electron chi connectivity index (χ4n) is 3.20. The average molecular weight is 345 g/mol. The molecule has 1 fully saturated rings. The van der Waals surface area contributed by atoms with E-state index in [9.17, 15) is 9.59 Å². The molecule has 25 heavy (non-hydrogen) atoms. The van der Waals surface area contributed by atoms with Gasteiger partial charge in [0.1, 0.15) is 0 Å². The Labute approximate surface area is 151 Å². The van der Waals surface area contributed by atoms with E-state index in [-0.39, 0.29) is 18.0 Å². The summed E-state index contributed by atoms with van der Waals surface area (Å²) in [7, 11) is 0. The zero-order chi connectivity index (χ0) is 18.6. The van der Waals surface area contributed by atoms with E-state index >= 15 is 0 Å². The van der Waals surface area contributed by atoms with Crippen LogP contribution in [0.4, 0.5) is 4.79 Å². The van der Waals surface area contributed by atoms with Crippen LogP contribution >= 0.6 is 0 Å². The van der Waals surface area contributed by atoms with Crippen molar-refractivity contribution >= 4 is 11.9 Å². The van der Waals surface area contributed by atoms with Crippen molar-refractivity contribution in [1.82, 2.24) is 15.5 Å². The third-order valence-corrected chi connectivity index (χ3v) is 5.07. The smallest absolute Gasteiger partial charge is 0.324 e. The van der Waals surface area contributed by atoms with Crippen LogP contribution in [-0.2, 0) is 4.79 Å². The van der Waals surface area contributed by atoms with Crippen molar-refractivity contribution in [2.75, 3.05) is 13.1 Å². The van der Waals surface area contributed by atoms with E-state index < -0.39 is 6.04 Å². The van der Waals surface area contributed by atoms with Crippen molar-refractivity contribution in [3.05, 3.63) is 35.4 Å². The molecule has 0 saturated carbocycles. The molecule has 0 aliphatic carbocycles. The van der Waals surface area contributed by atoms with E-state index in [2.05, 4.69) is 62.6 Å². The number of imide groups is 1. The molecule has 1 aromatic rings. The van der Waals surface area contributed by atoms with Gasteiger partial charge in [-0.1, -0.05) is 52.0 Å². The molecule has 1 aliphatic heterocycles. The minimum atomic E-state index is -0.412. The Balaban J connectivity index is 2.10. The lowest BCUT2D eigenvalue weighted by molar-refractivity contribution is -0.129. The quantitative estimate of drug-likeness (QED) is 0.796. The number of amides is 3. The Kier molecular flexibility index (Phi) is 6.59. The fourth-order valence-corrected chi connectivity index (χ4v) is 3.20. The zero-order valence-electron chi connectivity index (χ0n) is 16.0. The number of hydrogen-bond acceptors (Lipinski definition) is 3. The van der Waals surface area contributed by atoms with Gasteiger partial charge in [0.2, 0.25) is 5.91 Å². The van der Waals surface area contributed by atoms with Crippen LogP contribution in [0, 0.1) is 5.92 Å². The molecule has 0 spiro atoms. The summed E-state index contributed by atoms with van der Waals surface area (Å²) >= 11 is 0. The number of carbonyl (C=O) groups is 2. The molecule has 5 nitrogen and oxygen atoms in total. The summed E-state index contributed by atoms with van der Waals surface area (Å²) in [5, 5.41) is 6.10. The minimum absolute atomic E-state index is 0.0654. The van der Waals surface area contributed by atoms with Gasteiger partial charge in [0.05, 0.1) is 6.04 Å². The van der Waals surface area contributed by atoms with Crippen LogP contribution in [-0.4, -0.2) is 36.0 Å². The Morgan fingerprint density at radius 1 is 1.16 bits per heavy atom. The van der Waals surface area contributed by atoms with Crippen LogP contribution in [0.3, 0.4) is 0 Å². The van der Waals surface area contributed by atoms with Gasteiger partial charge in [-0.05, 0) is 36.3 Å². The first-order valence-corrected chi connectivity index (χ1v) is 9.30. The molecule has 1 heterocycles. The molecule has 2 rings (SSSR count). The van der Waals surface area contributed by atoms with Crippen molar-refractivity contribution in [2.45, 2.75) is 59.0 Å². The minimum Gasteiger partial charge on any atom is -0.336 e. The molecular weight excluding hydrogens is 314 g/mol. The molecule has 1 aromatic carbocycles. The van der Waals surface area contributed by atoms with Gasteiger partial charge in [0.15, 0.2) is 0 Å². The molecule has 5 heteroatoms. The van der Waals surface area contributed by atoms with Gasteiger partial charge in [-0.3, -0.25) is 15.0 Å². The van der Waals surface area contributed by atoms with Crippen LogP contribution in [0.5, 0.6) is 0 Å². The summed E-state index contributed by atoms with van der Waals surface area (Å²) in [5.41, 5.74) is 2.51. The molecule has 3 atom stereocenters. The number of carbonyl (C=O) groups excluding carboxylic acids is 2. The maximum absolute atomic E-state index is 12.5. The molecule has 1 saturated heterocycles. The predicted molar refractivity (Wildman–Crippen MR) is 100 cm³/mol. The third kappa shape index (κ3) is 4.60. The first-order chi connectivity index (χ1) is 11.8. The summed E-state index contributed by atoms with van der Waals surface area (Å²) < 4.78 is 0. The number of benzene rings is 1. The van der Waals surface area contributed by atoms with Gasteiger partial charge in [-0.2, -0.15) is 0 Å². The van der Waals surface area contributed by atoms with Crippen LogP contribution in [0.2, 0.25) is 0 Å². The van der Waals surface area contributed by atoms with Crippen LogP contribution in [0.25, 0.3) is 0 Å². The molecule has 0 aromatic heterocycles. The first-order valence-electron chi connectivity index (χ1n) is 9.30. The molecule has 0 bridgehead atoms. The fraction of sp³-hybridized carbons (Fsp3) is 0.600. The SMILES string of the molecule is CC[C@@H](C)c1ccc([C@H](N[C@@H](C)C(=O)N2CCNC2=O)C(C)C)cc1. The highest BCUT2D eigenvalue weighted by Crippen LogP contribution is 2.26. The van der Waals surface area contributed by atoms with E-state index in [0.29, 0.717) is 24.9 Å². The first kappa shape index (κ1) is 19.4. The van der Waals surface area contributed by atoms with Crippen LogP contribution in [0.15, 0.2) is 24.3 Å². The van der Waals surface area contributed by atoms with Crippen molar-refractivity contribution in [1.29, 1.82) is 0 Å². The van der Waals surface area contributed by atoms with E-state index in [0.717, 1.165) is 6.42 Å². The maximum atomic E-state index is 12.5. The van der Waals surface area contributed by atoms with Gasteiger partial charge in [0.25, 0.3) is 0 Å². The summed E-state index contributed by atoms with van der Waals surface area (Å²) in [6.07, 6.45) is 1.12. The highest BCUT2D eigenvalue weighted by Gasteiger charge is 2.31. The van der Waals surface area contributed by atoms with Gasteiger partial charge in [-0.15, -0.1) is 0 Å². The van der Waals surface area contributed by atoms with E-state index in [1.807, 2.05) is 6.92 Å². The van der Waals surface area contributed by atoms with Gasteiger partial charge >= 0.3 is 6.03 Å². The standard InChI is InChI=1S/C20H31N3O2/c1-6-14(4)16-7-9-17(10-8-16)18(13(2)3)22-15(5)19(24)23-12-11-21-20(23)25/h7-10,13-15,18,22H,6,11-12H2,1-5H3,(H,21,25)/t14-,15+,18-/m1/s1. The number of rotatable bonds is 7. The van der Waals surface area contributed by atoms with Crippen LogP contribution in [0.1, 0.15) is 64.1 Å². The number of urea groups is 1. The zero-order valence-corrected chi connectivity index (χ0v) is 16.0. The maximum Gasteiger partial charge on any atom is 0.324 e. The Hall–Kier alpha value is -1.88. The second-order valence-corrected chi connectivity index (χ2v) is 7.31. The summed E-state index contributed by atoms with van der Waals surface area (Å²) in [6.45, 7) is 11.5. The van der Waals surface area contributed by atoms with Crippen molar-refractivity contribution in [3.8, 4) is 0 Å². The molecular formula is C20H31N3O2. The normalized spacial score (nSPS) is 18.2. The third-order valence-electron chi connectivity index (χ3n) is 5.07. The molecule has 1 aliphatic rings. The molecule has 138 valence electrons. The topological polar surface area (TPSA) is 61.4 Å². The largest absolute Gasteiger partial charge is 0.336 e. The Morgan fingerprint density at radius 3 is 2.24 bits per heavy atom. The Bertz CT molecular complexity index is 597. The lowest BCUT2D eigenvalue weighted by Crippen LogP contribution is -2.47. The highest BCUT2D eigenvalue weighted by molar-refractivity contribution is 5.98. The monoisotopic (exact) mass is 345 g/mol. The molecule has 2 N–H and O–H groups in total. The summed E-state index contributed by atoms with van der Waals surface area (Å²) in [6, 6.07) is 8.03. The second-order valence-electron chi connectivity index (χ2n) is 7.31. The molecule has 3 amide bonds. The van der Waals surface area contributed by atoms with Crippen molar-refractivity contribution in [3.63, 3.8) is 0 Å². The van der Waals surface area contributed by atoms with Gasteiger partial charge < -0.3 is 5.32 Å². The average Bonchev–Trinajstić information content (AvgIpc) is 3.03. The van der Waals surface area contributed by atoms with Crippen molar-refractivity contribution < 1.29 is 9.59 Å². The summed E-state index contributed by atoms with van der Waals surface area (Å²) in [4.78, 5) is 25.5. The van der Waals surface area contributed by atoms with E-state index in [1.165, 1.54) is 16.0 Å². The molecule has 0 radical (unpaired) electrons. The Morgan fingerprint density at radius 2 is 1.76 bits per heavy atom. The van der Waals surface area contributed by atoms with Gasteiger partial charge in [-0.25, -0.2) is 4.79 Å². The number of hydrogen-bond donors (Lipinski definition) is 2.